The number of carboxylic acid groups (broad SMARTS) is 1. The molecule has 1 unspecified atom stereocenters. The first kappa shape index (κ1) is 27.8. The summed E-state index contributed by atoms with van der Waals surface area (Å²) in [5.74, 6) is -1.13. The summed E-state index contributed by atoms with van der Waals surface area (Å²) in [5, 5.41) is 16.9. The van der Waals surface area contributed by atoms with Gasteiger partial charge in [0.2, 0.25) is 0 Å². The van der Waals surface area contributed by atoms with Crippen LogP contribution in [-0.2, 0) is 22.3 Å². The highest BCUT2D eigenvalue weighted by Gasteiger charge is 2.31. The van der Waals surface area contributed by atoms with Gasteiger partial charge in [0, 0.05) is 42.4 Å². The molecule has 4 rings (SSSR count). The van der Waals surface area contributed by atoms with Gasteiger partial charge in [-0.15, -0.1) is 16.9 Å². The van der Waals surface area contributed by atoms with E-state index in [4.69, 9.17) is 4.74 Å². The maximum atomic E-state index is 13.0. The minimum atomic E-state index is -4.63. The lowest BCUT2D eigenvalue weighted by atomic mass is 9.95. The molecule has 1 fully saturated rings. The zero-order chi connectivity index (χ0) is 27.3. The summed E-state index contributed by atoms with van der Waals surface area (Å²) < 4.78 is 45.3. The van der Waals surface area contributed by atoms with Gasteiger partial charge in [0.05, 0.1) is 16.9 Å². The Balaban J connectivity index is 1.38. The molecule has 0 spiro atoms. The molecule has 2 heterocycles. The number of alkyl halides is 3. The second-order valence-electron chi connectivity index (χ2n) is 9.19. The van der Waals surface area contributed by atoms with Crippen molar-refractivity contribution in [1.29, 1.82) is 0 Å². The summed E-state index contributed by atoms with van der Waals surface area (Å²) in [7, 11) is 0. The second-order valence-corrected chi connectivity index (χ2v) is 10.3. The number of carbonyl (C=O) groups is 2. The number of nitrogens with zero attached hydrogens (tertiary/aromatic N) is 3. The molecule has 202 valence electrons. The van der Waals surface area contributed by atoms with E-state index in [1.165, 1.54) is 0 Å². The highest BCUT2D eigenvalue weighted by molar-refractivity contribution is 7.99. The predicted octanol–water partition coefficient (Wildman–Crippen LogP) is 4.69. The van der Waals surface area contributed by atoms with Crippen LogP contribution in [0.5, 0.6) is 0 Å². The number of hydrogen-bond donors (Lipinski definition) is 1. The molecule has 0 bridgehead atoms. The number of ketones is 1. The highest BCUT2D eigenvalue weighted by atomic mass is 32.2. The van der Waals surface area contributed by atoms with Gasteiger partial charge in [0.15, 0.2) is 5.78 Å². The Morgan fingerprint density at radius 2 is 1.84 bits per heavy atom. The van der Waals surface area contributed by atoms with Crippen LogP contribution in [0, 0.1) is 11.8 Å². The van der Waals surface area contributed by atoms with E-state index in [-0.39, 0.29) is 36.1 Å². The van der Waals surface area contributed by atoms with Crippen LogP contribution in [0.2, 0.25) is 0 Å². The fraction of sp³-hybridized carbons (Fsp3) is 0.423. The second kappa shape index (κ2) is 12.1. The number of aryl methyl sites for hydroxylation is 1. The number of benzene rings is 2. The number of aromatic nitrogens is 3. The monoisotopic (exact) mass is 549 g/mol. The van der Waals surface area contributed by atoms with Crippen LogP contribution < -0.4 is 5.56 Å². The normalized spacial score (nSPS) is 15.4. The summed E-state index contributed by atoms with van der Waals surface area (Å²) in [5.41, 5.74) is -1.43. The fourth-order valence-corrected chi connectivity index (χ4v) is 5.29. The summed E-state index contributed by atoms with van der Waals surface area (Å²) in [6, 6.07) is 9.59. The van der Waals surface area contributed by atoms with E-state index in [1.807, 2.05) is 12.1 Å². The lowest BCUT2D eigenvalue weighted by Crippen LogP contribution is -2.27. The molecule has 38 heavy (non-hydrogen) atoms. The Morgan fingerprint density at radius 3 is 2.50 bits per heavy atom. The summed E-state index contributed by atoms with van der Waals surface area (Å²) in [4.78, 5) is 38.3. The van der Waals surface area contributed by atoms with Gasteiger partial charge in [-0.25, -0.2) is 4.68 Å². The third kappa shape index (κ3) is 6.98. The molecule has 0 aliphatic carbocycles. The van der Waals surface area contributed by atoms with Gasteiger partial charge in [-0.3, -0.25) is 14.4 Å². The average molecular weight is 550 g/mol. The van der Waals surface area contributed by atoms with Crippen molar-refractivity contribution in [3.05, 3.63) is 63.9 Å². The number of rotatable bonds is 10. The van der Waals surface area contributed by atoms with E-state index in [0.29, 0.717) is 17.5 Å². The van der Waals surface area contributed by atoms with Crippen LogP contribution in [0.25, 0.3) is 10.9 Å². The first-order valence-electron chi connectivity index (χ1n) is 12.1. The Labute approximate surface area is 220 Å². The number of Topliss-reactive ketones (excluding diaryl/α,β-unsaturated/α-hetero) is 1. The molecule has 1 aliphatic rings. The molecule has 2 aromatic carbocycles. The Hall–Kier alpha value is -3.25. The van der Waals surface area contributed by atoms with E-state index in [9.17, 15) is 32.7 Å². The summed E-state index contributed by atoms with van der Waals surface area (Å²) in [6.45, 7) is 1.35. The molecular formula is C26H26F3N3O5S. The van der Waals surface area contributed by atoms with Gasteiger partial charge in [-0.1, -0.05) is 17.3 Å². The van der Waals surface area contributed by atoms with Crippen molar-refractivity contribution in [3.8, 4) is 0 Å². The van der Waals surface area contributed by atoms with Crippen LogP contribution in [-0.4, -0.2) is 50.8 Å². The van der Waals surface area contributed by atoms with E-state index >= 15 is 0 Å². The number of aliphatic carboxylic acids is 1. The smallest absolute Gasteiger partial charge is 0.416 e. The van der Waals surface area contributed by atoms with Gasteiger partial charge < -0.3 is 9.84 Å². The predicted molar refractivity (Wildman–Crippen MR) is 134 cm³/mol. The van der Waals surface area contributed by atoms with Crippen LogP contribution >= 0.6 is 11.8 Å². The quantitative estimate of drug-likeness (QED) is 0.286. The number of carboxylic acids is 1. The van der Waals surface area contributed by atoms with Crippen LogP contribution in [0.3, 0.4) is 0 Å². The van der Waals surface area contributed by atoms with Gasteiger partial charge in [0.1, 0.15) is 5.52 Å². The van der Waals surface area contributed by atoms with Crippen molar-refractivity contribution >= 4 is 34.4 Å². The SMILES string of the molecule is O=C(CC(CCn1nnc2ccc(C(F)(F)F)cc2c1=O)C(=O)O)c1ccc(SCC2CCOCC2)cc1. The summed E-state index contributed by atoms with van der Waals surface area (Å²) in [6.07, 6.45) is -2.99. The van der Waals surface area contributed by atoms with Crippen molar-refractivity contribution in [2.75, 3.05) is 19.0 Å². The zero-order valence-corrected chi connectivity index (χ0v) is 21.1. The number of carbonyl (C=O) groups excluding carboxylic acids is 1. The largest absolute Gasteiger partial charge is 0.481 e. The van der Waals surface area contributed by atoms with Gasteiger partial charge >= 0.3 is 12.1 Å². The van der Waals surface area contributed by atoms with Crippen LogP contribution in [0.15, 0.2) is 52.2 Å². The van der Waals surface area contributed by atoms with Crippen molar-refractivity contribution in [2.45, 2.75) is 43.3 Å². The van der Waals surface area contributed by atoms with Gasteiger partial charge in [-0.05, 0) is 55.5 Å². The van der Waals surface area contributed by atoms with E-state index in [0.717, 1.165) is 53.5 Å². The molecule has 3 aromatic rings. The molecular weight excluding hydrogens is 523 g/mol. The van der Waals surface area contributed by atoms with Gasteiger partial charge in [-0.2, -0.15) is 13.2 Å². The third-order valence-corrected chi connectivity index (χ3v) is 7.77. The Bertz CT molecular complexity index is 1350. The molecule has 1 saturated heterocycles. The highest BCUT2D eigenvalue weighted by Crippen LogP contribution is 2.30. The number of halogens is 3. The van der Waals surface area contributed by atoms with Crippen molar-refractivity contribution < 1.29 is 32.6 Å². The van der Waals surface area contributed by atoms with E-state index in [2.05, 4.69) is 10.3 Å². The molecule has 12 heteroatoms. The van der Waals surface area contributed by atoms with Crippen molar-refractivity contribution in [2.24, 2.45) is 11.8 Å². The molecule has 1 atom stereocenters. The van der Waals surface area contributed by atoms with Crippen molar-refractivity contribution in [1.82, 2.24) is 15.0 Å². The number of thioether (sulfide) groups is 1. The molecule has 1 N–H and O–H groups in total. The molecule has 1 aliphatic heterocycles. The first-order valence-corrected chi connectivity index (χ1v) is 13.1. The minimum Gasteiger partial charge on any atom is -0.481 e. The Kier molecular flexibility index (Phi) is 8.83. The summed E-state index contributed by atoms with van der Waals surface area (Å²) >= 11 is 1.71. The fourth-order valence-electron chi connectivity index (χ4n) is 4.20. The molecule has 8 nitrogen and oxygen atoms in total. The Morgan fingerprint density at radius 1 is 1.13 bits per heavy atom. The minimum absolute atomic E-state index is 0.00131. The maximum absolute atomic E-state index is 13.0. The lowest BCUT2D eigenvalue weighted by Gasteiger charge is -2.21. The number of fused-ring (bicyclic) bond motifs is 1. The van der Waals surface area contributed by atoms with Crippen LogP contribution in [0.4, 0.5) is 13.2 Å². The van der Waals surface area contributed by atoms with E-state index < -0.39 is 29.2 Å². The maximum Gasteiger partial charge on any atom is 0.416 e. The molecule has 0 radical (unpaired) electrons. The number of hydrogen-bond acceptors (Lipinski definition) is 7. The molecule has 0 saturated carbocycles. The van der Waals surface area contributed by atoms with Crippen molar-refractivity contribution in [3.63, 3.8) is 0 Å². The molecule has 1 aromatic heterocycles. The topological polar surface area (TPSA) is 111 Å². The first-order chi connectivity index (χ1) is 18.1. The number of ether oxygens (including phenoxy) is 1. The van der Waals surface area contributed by atoms with Crippen LogP contribution in [0.1, 0.15) is 41.6 Å². The zero-order valence-electron chi connectivity index (χ0n) is 20.3. The van der Waals surface area contributed by atoms with Gasteiger partial charge in [0.25, 0.3) is 5.56 Å². The standard InChI is InChI=1S/C26H26F3N3O5S/c27-26(28,29)19-3-6-22-21(14-19)24(34)32(31-30-22)10-7-18(25(35)36)13-23(33)17-1-4-20(5-2-17)38-15-16-8-11-37-12-9-16/h1-6,14,16,18H,7-13,15H2,(H,35,36). The third-order valence-electron chi connectivity index (χ3n) is 6.52. The average Bonchev–Trinajstić information content (AvgIpc) is 2.90. The lowest BCUT2D eigenvalue weighted by molar-refractivity contribution is -0.142. The molecule has 0 amide bonds. The van der Waals surface area contributed by atoms with E-state index in [1.54, 1.807) is 23.9 Å².